The zero-order valence-corrected chi connectivity index (χ0v) is 14.9. The Balaban J connectivity index is 1.48. The first-order valence-corrected chi connectivity index (χ1v) is 8.99. The summed E-state index contributed by atoms with van der Waals surface area (Å²) in [6.07, 6.45) is 1.81. The third-order valence-corrected chi connectivity index (χ3v) is 5.26. The van der Waals surface area contributed by atoms with Gasteiger partial charge in [-0.1, -0.05) is 23.2 Å². The molecule has 2 aliphatic heterocycles. The molecule has 24 heavy (non-hydrogen) atoms. The van der Waals surface area contributed by atoms with Crippen molar-refractivity contribution >= 4 is 40.7 Å². The van der Waals surface area contributed by atoms with Crippen LogP contribution in [0.5, 0.6) is 0 Å². The molecule has 2 saturated heterocycles. The second-order valence-electron chi connectivity index (χ2n) is 6.29. The molecule has 1 aromatic carbocycles. The van der Waals surface area contributed by atoms with Gasteiger partial charge < -0.3 is 4.90 Å². The number of piperidine rings is 1. The summed E-state index contributed by atoms with van der Waals surface area (Å²) in [6, 6.07) is 5.52. The van der Waals surface area contributed by atoms with Crippen molar-refractivity contribution in [2.45, 2.75) is 19.3 Å². The minimum Gasteiger partial charge on any atom is -0.368 e. The smallest absolute Gasteiger partial charge is 0.251 e. The molecule has 0 saturated carbocycles. The molecule has 0 N–H and O–H groups in total. The van der Waals surface area contributed by atoms with E-state index in [0.717, 1.165) is 44.8 Å². The molecule has 2 amide bonds. The van der Waals surface area contributed by atoms with Crippen LogP contribution < -0.4 is 10.2 Å². The van der Waals surface area contributed by atoms with Crippen LogP contribution in [0.1, 0.15) is 19.3 Å². The van der Waals surface area contributed by atoms with E-state index >= 15 is 0 Å². The predicted octanol–water partition coefficient (Wildman–Crippen LogP) is 2.57. The summed E-state index contributed by atoms with van der Waals surface area (Å²) < 4.78 is 0. The van der Waals surface area contributed by atoms with E-state index in [0.29, 0.717) is 22.9 Å². The highest BCUT2D eigenvalue weighted by Gasteiger charge is 2.29. The molecule has 1 radical (unpaired) electrons. The standard InChI is InChI=1S/C17H20Cl2N3O2/c18-13-2-3-14(19)15(11-13)22-9-7-21(8-10-22)6-5-12-1-4-16(23)20-17(12)24/h2-3,11-12H,1,4-10H2. The quantitative estimate of drug-likeness (QED) is 0.766. The number of hydrogen-bond acceptors (Lipinski definition) is 4. The molecule has 3 rings (SSSR count). The molecule has 2 heterocycles. The van der Waals surface area contributed by atoms with E-state index in [9.17, 15) is 9.59 Å². The molecule has 2 fully saturated rings. The number of piperazine rings is 1. The molecule has 0 aromatic heterocycles. The van der Waals surface area contributed by atoms with Crippen LogP contribution in [-0.2, 0) is 9.59 Å². The number of anilines is 1. The summed E-state index contributed by atoms with van der Waals surface area (Å²) >= 11 is 12.3. The molecule has 129 valence electrons. The number of imide groups is 1. The Labute approximate surface area is 151 Å². The first-order chi connectivity index (χ1) is 11.5. The summed E-state index contributed by atoms with van der Waals surface area (Å²) in [5, 5.41) is 4.97. The van der Waals surface area contributed by atoms with Gasteiger partial charge in [-0.05, 0) is 37.6 Å². The van der Waals surface area contributed by atoms with Crippen molar-refractivity contribution in [1.82, 2.24) is 10.2 Å². The lowest BCUT2D eigenvalue weighted by molar-refractivity contribution is -0.137. The van der Waals surface area contributed by atoms with Gasteiger partial charge in [-0.3, -0.25) is 14.5 Å². The van der Waals surface area contributed by atoms with Gasteiger partial charge in [-0.2, -0.15) is 5.32 Å². The fraction of sp³-hybridized carbons (Fsp3) is 0.529. The second kappa shape index (κ2) is 7.72. The van der Waals surface area contributed by atoms with E-state index in [-0.39, 0.29) is 17.7 Å². The van der Waals surface area contributed by atoms with Gasteiger partial charge in [-0.15, -0.1) is 0 Å². The van der Waals surface area contributed by atoms with E-state index in [1.165, 1.54) is 0 Å². The molecule has 0 bridgehead atoms. The molecule has 5 nitrogen and oxygen atoms in total. The topological polar surface area (TPSA) is 54.7 Å². The van der Waals surface area contributed by atoms with Crippen LogP contribution in [0.25, 0.3) is 0 Å². The fourth-order valence-corrected chi connectivity index (χ4v) is 3.64. The molecule has 1 atom stereocenters. The number of carbonyl (C=O) groups is 2. The zero-order chi connectivity index (χ0) is 17.1. The van der Waals surface area contributed by atoms with E-state index < -0.39 is 0 Å². The first-order valence-electron chi connectivity index (χ1n) is 8.23. The highest BCUT2D eigenvalue weighted by Crippen LogP contribution is 2.29. The van der Waals surface area contributed by atoms with Crippen LogP contribution >= 0.6 is 23.2 Å². The predicted molar refractivity (Wildman–Crippen MR) is 94.6 cm³/mol. The number of carbonyl (C=O) groups excluding carboxylic acids is 2. The van der Waals surface area contributed by atoms with Gasteiger partial charge in [0.05, 0.1) is 10.7 Å². The first kappa shape index (κ1) is 17.5. The highest BCUT2D eigenvalue weighted by atomic mass is 35.5. The van der Waals surface area contributed by atoms with Gasteiger partial charge in [0.25, 0.3) is 5.91 Å². The molecule has 2 aliphatic rings. The van der Waals surface area contributed by atoms with Crippen molar-refractivity contribution in [3.63, 3.8) is 0 Å². The molecule has 1 aromatic rings. The van der Waals surface area contributed by atoms with E-state index in [2.05, 4.69) is 15.1 Å². The minimum atomic E-state index is -0.275. The normalized spacial score (nSPS) is 22.6. The Bertz CT molecular complexity index is 630. The average molecular weight is 369 g/mol. The Hall–Kier alpha value is -1.30. The van der Waals surface area contributed by atoms with Crippen molar-refractivity contribution in [1.29, 1.82) is 0 Å². The molecule has 0 spiro atoms. The number of benzene rings is 1. The van der Waals surface area contributed by atoms with Crippen LogP contribution in [0, 0.1) is 5.92 Å². The van der Waals surface area contributed by atoms with Crippen molar-refractivity contribution in [3.8, 4) is 0 Å². The number of rotatable bonds is 4. The van der Waals surface area contributed by atoms with Gasteiger partial charge >= 0.3 is 0 Å². The summed E-state index contributed by atoms with van der Waals surface area (Å²) in [6.45, 7) is 4.44. The maximum Gasteiger partial charge on any atom is 0.251 e. The summed E-state index contributed by atoms with van der Waals surface area (Å²) in [5.41, 5.74) is 0.976. The van der Waals surface area contributed by atoms with Crippen LogP contribution in [0.4, 0.5) is 5.69 Å². The SMILES string of the molecule is O=C1CCC(CCN2CCN(c3cc(Cl)ccc3Cl)CC2)C(=O)[N]1. The van der Waals surface area contributed by atoms with Gasteiger partial charge in [0.2, 0.25) is 5.91 Å². The third kappa shape index (κ3) is 4.21. The largest absolute Gasteiger partial charge is 0.368 e. The second-order valence-corrected chi connectivity index (χ2v) is 7.14. The van der Waals surface area contributed by atoms with E-state index in [1.807, 2.05) is 12.1 Å². The maximum atomic E-state index is 11.7. The maximum absolute atomic E-state index is 11.7. The van der Waals surface area contributed by atoms with Crippen molar-refractivity contribution in [3.05, 3.63) is 28.2 Å². The van der Waals surface area contributed by atoms with Crippen LogP contribution in [0.3, 0.4) is 0 Å². The van der Waals surface area contributed by atoms with Gasteiger partial charge in [0.15, 0.2) is 0 Å². The van der Waals surface area contributed by atoms with Crippen molar-refractivity contribution < 1.29 is 9.59 Å². The highest BCUT2D eigenvalue weighted by molar-refractivity contribution is 6.35. The zero-order valence-electron chi connectivity index (χ0n) is 13.4. The van der Waals surface area contributed by atoms with Crippen molar-refractivity contribution in [2.75, 3.05) is 37.6 Å². The van der Waals surface area contributed by atoms with Gasteiger partial charge in [0.1, 0.15) is 0 Å². The molecule has 1 unspecified atom stereocenters. The molecular formula is C17H20Cl2N3O2. The van der Waals surface area contributed by atoms with Gasteiger partial charge in [0, 0.05) is 43.5 Å². The number of hydrogen-bond donors (Lipinski definition) is 0. The van der Waals surface area contributed by atoms with Gasteiger partial charge in [-0.25, -0.2) is 0 Å². The minimum absolute atomic E-state index is 0.0943. The molecular weight excluding hydrogens is 349 g/mol. The Morgan fingerprint density at radius 3 is 2.58 bits per heavy atom. The average Bonchev–Trinajstić information content (AvgIpc) is 2.57. The Morgan fingerprint density at radius 1 is 1.12 bits per heavy atom. The van der Waals surface area contributed by atoms with E-state index in [4.69, 9.17) is 23.2 Å². The lowest BCUT2D eigenvalue weighted by Crippen LogP contribution is -2.47. The fourth-order valence-electron chi connectivity index (χ4n) is 3.24. The lowest BCUT2D eigenvalue weighted by Gasteiger charge is -2.37. The number of halogens is 2. The molecule has 0 aliphatic carbocycles. The third-order valence-electron chi connectivity index (χ3n) is 4.71. The summed E-state index contributed by atoms with van der Waals surface area (Å²) in [4.78, 5) is 27.5. The summed E-state index contributed by atoms with van der Waals surface area (Å²) in [7, 11) is 0. The molecule has 7 heteroatoms. The van der Waals surface area contributed by atoms with Crippen LogP contribution in [0.15, 0.2) is 18.2 Å². The Morgan fingerprint density at radius 2 is 1.88 bits per heavy atom. The Kier molecular flexibility index (Phi) is 5.64. The monoisotopic (exact) mass is 368 g/mol. The summed E-state index contributed by atoms with van der Waals surface area (Å²) in [5.74, 6) is -0.609. The van der Waals surface area contributed by atoms with Crippen molar-refractivity contribution in [2.24, 2.45) is 5.92 Å². The number of nitrogens with zero attached hydrogens (tertiary/aromatic N) is 3. The van der Waals surface area contributed by atoms with Crippen LogP contribution in [0.2, 0.25) is 10.0 Å². The number of amides is 2. The van der Waals surface area contributed by atoms with Crippen LogP contribution in [-0.4, -0.2) is 49.4 Å². The van der Waals surface area contributed by atoms with E-state index in [1.54, 1.807) is 6.07 Å². The lowest BCUT2D eigenvalue weighted by atomic mass is 9.94.